The number of carbonyl (C=O) groups excluding carboxylic acids is 2. The summed E-state index contributed by atoms with van der Waals surface area (Å²) in [5.74, 6) is 3.13. The van der Waals surface area contributed by atoms with E-state index in [-0.39, 0.29) is 0 Å². The number of aryl methyl sites for hydroxylation is 3. The van der Waals surface area contributed by atoms with Crippen LogP contribution in [0.1, 0.15) is 27.8 Å². The fraction of sp³-hybridized carbons (Fsp3) is 0.333. The number of hydrogen-bond donors (Lipinski definition) is 0. The molecule has 2 rings (SSSR count). The lowest BCUT2D eigenvalue weighted by molar-refractivity contribution is -0.115. The molecule has 0 aliphatic rings. The van der Waals surface area contributed by atoms with Crippen molar-refractivity contribution in [2.45, 2.75) is 20.8 Å². The van der Waals surface area contributed by atoms with E-state index < -0.39 is 0 Å². The van der Waals surface area contributed by atoms with Gasteiger partial charge >= 0.3 is 0 Å². The van der Waals surface area contributed by atoms with E-state index in [2.05, 4.69) is 0 Å². The molecule has 0 aliphatic heterocycles. The van der Waals surface area contributed by atoms with Crippen molar-refractivity contribution in [2.24, 2.45) is 0 Å². The van der Waals surface area contributed by atoms with Crippen LogP contribution in [0.2, 0.25) is 0 Å². The topological polar surface area (TPSA) is 63.7 Å². The molecule has 0 spiro atoms. The van der Waals surface area contributed by atoms with Gasteiger partial charge in [0.15, 0.2) is 12.0 Å². The minimum absolute atomic E-state index is 0.391. The predicted octanol–water partition coefficient (Wildman–Crippen LogP) is 3.00. The first-order valence-corrected chi connectivity index (χ1v) is 6.05. The number of carbonyl (C=O) groups is 2. The SMILES string of the molecule is CN(C)C=O.Cc1ccc(C)o1.Cc1ccc(C=O)o1. The van der Waals surface area contributed by atoms with Gasteiger partial charge in [-0.1, -0.05) is 0 Å². The second kappa shape index (κ2) is 9.61. The lowest BCUT2D eigenvalue weighted by atomic mass is 10.5. The van der Waals surface area contributed by atoms with Crippen molar-refractivity contribution in [3.63, 3.8) is 0 Å². The van der Waals surface area contributed by atoms with E-state index in [0.717, 1.165) is 23.7 Å². The van der Waals surface area contributed by atoms with Crippen molar-refractivity contribution < 1.29 is 18.4 Å². The largest absolute Gasteiger partial charge is 0.467 e. The summed E-state index contributed by atoms with van der Waals surface area (Å²) in [4.78, 5) is 20.8. The van der Waals surface area contributed by atoms with Crippen molar-refractivity contribution in [1.82, 2.24) is 4.90 Å². The molecule has 0 aliphatic carbocycles. The Balaban J connectivity index is 0.000000280. The van der Waals surface area contributed by atoms with Crippen molar-refractivity contribution in [1.29, 1.82) is 0 Å². The number of hydrogen-bond acceptors (Lipinski definition) is 4. The summed E-state index contributed by atoms with van der Waals surface area (Å²) in [5, 5.41) is 0. The molecule has 0 fully saturated rings. The summed E-state index contributed by atoms with van der Waals surface area (Å²) < 4.78 is 9.95. The summed E-state index contributed by atoms with van der Waals surface area (Å²) in [6.45, 7) is 5.67. The standard InChI is InChI=1S/C6H6O2.C6H8O.C3H7NO/c1-5-2-3-6(4-7)8-5;1-5-3-4-6(2)7-5;1-4(2)3-5/h2-4H,1H3;3-4H,1-2H3;3H,1-2H3. The Morgan fingerprint density at radius 2 is 1.25 bits per heavy atom. The van der Waals surface area contributed by atoms with Crippen LogP contribution in [0.5, 0.6) is 0 Å². The first-order chi connectivity index (χ1) is 9.38. The first-order valence-electron chi connectivity index (χ1n) is 6.05. The van der Waals surface area contributed by atoms with Gasteiger partial charge in [-0.15, -0.1) is 0 Å². The zero-order valence-electron chi connectivity index (χ0n) is 12.5. The lowest BCUT2D eigenvalue weighted by Crippen LogP contribution is -2.06. The average Bonchev–Trinajstić information content (AvgIpc) is 2.99. The van der Waals surface area contributed by atoms with Gasteiger partial charge in [-0.05, 0) is 45.0 Å². The zero-order valence-corrected chi connectivity index (χ0v) is 12.5. The number of nitrogens with zero attached hydrogens (tertiary/aromatic N) is 1. The molecule has 0 saturated heterocycles. The molecular formula is C15H21NO4. The third-order valence-electron chi connectivity index (χ3n) is 1.96. The molecule has 2 heterocycles. The molecule has 0 unspecified atom stereocenters. The molecule has 2 aromatic rings. The molecule has 0 bridgehead atoms. The first kappa shape index (κ1) is 17.7. The van der Waals surface area contributed by atoms with E-state index in [1.807, 2.05) is 26.0 Å². The van der Waals surface area contributed by atoms with Crippen LogP contribution in [0.25, 0.3) is 0 Å². The second-order valence-corrected chi connectivity index (χ2v) is 4.29. The molecule has 5 nitrogen and oxygen atoms in total. The van der Waals surface area contributed by atoms with Gasteiger partial charge in [0.05, 0.1) is 0 Å². The van der Waals surface area contributed by atoms with Gasteiger partial charge in [0.1, 0.15) is 17.3 Å². The summed E-state index contributed by atoms with van der Waals surface area (Å²) in [7, 11) is 3.38. The van der Waals surface area contributed by atoms with Crippen LogP contribution < -0.4 is 0 Å². The second-order valence-electron chi connectivity index (χ2n) is 4.29. The van der Waals surface area contributed by atoms with Gasteiger partial charge in [0.25, 0.3) is 0 Å². The number of amides is 1. The van der Waals surface area contributed by atoms with Gasteiger partial charge in [0.2, 0.25) is 6.41 Å². The third kappa shape index (κ3) is 8.74. The summed E-state index contributed by atoms with van der Waals surface area (Å²) in [6, 6.07) is 7.30. The van der Waals surface area contributed by atoms with E-state index in [0.29, 0.717) is 12.0 Å². The maximum Gasteiger partial charge on any atom is 0.209 e. The number of aldehydes is 1. The lowest BCUT2D eigenvalue weighted by Gasteiger charge is -1.93. The van der Waals surface area contributed by atoms with Crippen LogP contribution in [-0.4, -0.2) is 31.7 Å². The highest BCUT2D eigenvalue weighted by Gasteiger charge is 1.91. The monoisotopic (exact) mass is 279 g/mol. The van der Waals surface area contributed by atoms with Gasteiger partial charge in [-0.2, -0.15) is 0 Å². The quantitative estimate of drug-likeness (QED) is 0.793. The highest BCUT2D eigenvalue weighted by atomic mass is 16.3. The van der Waals surface area contributed by atoms with Crippen LogP contribution in [0.3, 0.4) is 0 Å². The molecule has 0 N–H and O–H groups in total. The highest BCUT2D eigenvalue weighted by Crippen LogP contribution is 2.02. The Kier molecular flexibility index (Phi) is 8.50. The zero-order chi connectivity index (χ0) is 15.5. The van der Waals surface area contributed by atoms with Crippen LogP contribution in [0, 0.1) is 20.8 Å². The molecule has 2 aromatic heterocycles. The Morgan fingerprint density at radius 1 is 0.850 bits per heavy atom. The molecular weight excluding hydrogens is 258 g/mol. The predicted molar refractivity (Wildman–Crippen MR) is 76.8 cm³/mol. The number of rotatable bonds is 2. The molecule has 1 amide bonds. The van der Waals surface area contributed by atoms with Crippen molar-refractivity contribution >= 4 is 12.7 Å². The molecule has 110 valence electrons. The molecule has 20 heavy (non-hydrogen) atoms. The van der Waals surface area contributed by atoms with Gasteiger partial charge in [-0.25, -0.2) is 0 Å². The Bertz CT molecular complexity index is 495. The molecule has 0 saturated carbocycles. The molecule has 0 aromatic carbocycles. The Labute approximate surface area is 119 Å². The van der Waals surface area contributed by atoms with Crippen LogP contribution >= 0.6 is 0 Å². The van der Waals surface area contributed by atoms with Crippen molar-refractivity contribution in [2.75, 3.05) is 14.1 Å². The fourth-order valence-electron chi connectivity index (χ4n) is 1.07. The Morgan fingerprint density at radius 3 is 1.40 bits per heavy atom. The molecule has 5 heteroatoms. The van der Waals surface area contributed by atoms with E-state index in [1.54, 1.807) is 33.2 Å². The van der Waals surface area contributed by atoms with Crippen LogP contribution in [0.15, 0.2) is 33.1 Å². The smallest absolute Gasteiger partial charge is 0.209 e. The average molecular weight is 279 g/mol. The van der Waals surface area contributed by atoms with Crippen molar-refractivity contribution in [3.05, 3.63) is 47.3 Å². The number of furan rings is 2. The van der Waals surface area contributed by atoms with E-state index >= 15 is 0 Å². The molecule has 0 radical (unpaired) electrons. The normalized spacial score (nSPS) is 8.65. The van der Waals surface area contributed by atoms with Crippen LogP contribution in [0.4, 0.5) is 0 Å². The Hall–Kier alpha value is -2.30. The summed E-state index contributed by atoms with van der Waals surface area (Å²) >= 11 is 0. The van der Waals surface area contributed by atoms with Gasteiger partial charge in [0, 0.05) is 14.1 Å². The van der Waals surface area contributed by atoms with Crippen molar-refractivity contribution in [3.8, 4) is 0 Å². The highest BCUT2D eigenvalue weighted by molar-refractivity contribution is 5.70. The van der Waals surface area contributed by atoms with E-state index in [9.17, 15) is 9.59 Å². The third-order valence-corrected chi connectivity index (χ3v) is 1.96. The maximum absolute atomic E-state index is 9.93. The van der Waals surface area contributed by atoms with E-state index in [1.165, 1.54) is 4.90 Å². The van der Waals surface area contributed by atoms with E-state index in [4.69, 9.17) is 8.83 Å². The van der Waals surface area contributed by atoms with Gasteiger partial charge < -0.3 is 13.7 Å². The van der Waals surface area contributed by atoms with Crippen LogP contribution in [-0.2, 0) is 4.79 Å². The fourth-order valence-corrected chi connectivity index (χ4v) is 1.07. The summed E-state index contributed by atoms with van der Waals surface area (Å²) in [6.07, 6.45) is 1.44. The minimum atomic E-state index is 0.391. The summed E-state index contributed by atoms with van der Waals surface area (Å²) in [5.41, 5.74) is 0. The minimum Gasteiger partial charge on any atom is -0.467 e. The maximum atomic E-state index is 9.93. The molecule has 0 atom stereocenters. The van der Waals surface area contributed by atoms with Gasteiger partial charge in [-0.3, -0.25) is 9.59 Å².